The van der Waals surface area contributed by atoms with Crippen molar-refractivity contribution in [3.05, 3.63) is 34.9 Å². The molecule has 1 aromatic carbocycles. The number of fused-ring (bicyclic) bond motifs is 1. The van der Waals surface area contributed by atoms with Gasteiger partial charge in [0.1, 0.15) is 6.04 Å². The van der Waals surface area contributed by atoms with E-state index in [1.165, 1.54) is 0 Å². The molecule has 19 heavy (non-hydrogen) atoms. The van der Waals surface area contributed by atoms with Gasteiger partial charge in [0.15, 0.2) is 0 Å². The number of carbonyl (C=O) groups is 3. The largest absolute Gasteiger partial charge is 0.480 e. The smallest absolute Gasteiger partial charge is 0.327 e. The second-order valence-electron chi connectivity index (χ2n) is 5.06. The number of hydrogen-bond acceptors (Lipinski definition) is 3. The number of imide groups is 1. The molecule has 1 aliphatic rings. The van der Waals surface area contributed by atoms with Crippen LogP contribution in [-0.2, 0) is 4.79 Å². The number of nitrogens with zero attached hydrogens (tertiary/aromatic N) is 1. The third-order valence-electron chi connectivity index (χ3n) is 3.24. The molecule has 1 heterocycles. The third-order valence-corrected chi connectivity index (χ3v) is 3.24. The Morgan fingerprint density at radius 3 is 2.26 bits per heavy atom. The van der Waals surface area contributed by atoms with Gasteiger partial charge in [-0.2, -0.15) is 0 Å². The lowest BCUT2D eigenvalue weighted by Crippen LogP contribution is -2.47. The van der Waals surface area contributed by atoms with Crippen molar-refractivity contribution in [1.82, 2.24) is 4.90 Å². The van der Waals surface area contributed by atoms with E-state index in [1.807, 2.05) is 6.92 Å². The molecule has 2 rings (SSSR count). The Bertz CT molecular complexity index is 577. The minimum absolute atomic E-state index is 0.280. The van der Waals surface area contributed by atoms with Gasteiger partial charge in [0.2, 0.25) is 0 Å². The van der Waals surface area contributed by atoms with Crippen LogP contribution in [0, 0.1) is 12.8 Å². The Morgan fingerprint density at radius 1 is 1.16 bits per heavy atom. The molecule has 0 aromatic heterocycles. The SMILES string of the molecule is Cc1ccc2c(c1)C(=O)N(C(C(=O)O)C(C)C)C2=O. The average molecular weight is 261 g/mol. The highest BCUT2D eigenvalue weighted by atomic mass is 16.4. The van der Waals surface area contributed by atoms with Gasteiger partial charge < -0.3 is 5.11 Å². The molecule has 2 amide bonds. The fourth-order valence-electron chi connectivity index (χ4n) is 2.32. The molecule has 0 spiro atoms. The summed E-state index contributed by atoms with van der Waals surface area (Å²) < 4.78 is 0. The topological polar surface area (TPSA) is 74.7 Å². The van der Waals surface area contributed by atoms with E-state index in [4.69, 9.17) is 0 Å². The number of hydrogen-bond donors (Lipinski definition) is 1. The normalized spacial score (nSPS) is 15.9. The molecule has 0 saturated carbocycles. The van der Waals surface area contributed by atoms with Gasteiger partial charge in [0.25, 0.3) is 11.8 Å². The van der Waals surface area contributed by atoms with Gasteiger partial charge in [-0.05, 0) is 25.0 Å². The van der Waals surface area contributed by atoms with Crippen LogP contribution in [-0.4, -0.2) is 33.8 Å². The second-order valence-corrected chi connectivity index (χ2v) is 5.06. The van der Waals surface area contributed by atoms with Crippen molar-refractivity contribution in [3.8, 4) is 0 Å². The minimum Gasteiger partial charge on any atom is -0.480 e. The van der Waals surface area contributed by atoms with Crippen molar-refractivity contribution in [1.29, 1.82) is 0 Å². The van der Waals surface area contributed by atoms with E-state index in [2.05, 4.69) is 0 Å². The number of aryl methyl sites for hydroxylation is 1. The van der Waals surface area contributed by atoms with E-state index in [0.29, 0.717) is 0 Å². The molecule has 1 atom stereocenters. The number of aliphatic carboxylic acids is 1. The van der Waals surface area contributed by atoms with Crippen LogP contribution in [0.25, 0.3) is 0 Å². The Labute approximate surface area is 110 Å². The first-order chi connectivity index (χ1) is 8.84. The first-order valence-corrected chi connectivity index (χ1v) is 6.06. The van der Waals surface area contributed by atoms with Crippen LogP contribution in [0.4, 0.5) is 0 Å². The Morgan fingerprint density at radius 2 is 1.74 bits per heavy atom. The minimum atomic E-state index is -1.17. The van der Waals surface area contributed by atoms with Crippen molar-refractivity contribution in [2.24, 2.45) is 5.92 Å². The van der Waals surface area contributed by atoms with Gasteiger partial charge in [-0.3, -0.25) is 14.5 Å². The predicted molar refractivity (Wildman–Crippen MR) is 67.9 cm³/mol. The predicted octanol–water partition coefficient (Wildman–Crippen LogP) is 1.70. The van der Waals surface area contributed by atoms with E-state index in [-0.39, 0.29) is 17.0 Å². The zero-order chi connectivity index (χ0) is 14.3. The van der Waals surface area contributed by atoms with E-state index < -0.39 is 23.8 Å². The molecule has 1 N–H and O–H groups in total. The van der Waals surface area contributed by atoms with Crippen LogP contribution < -0.4 is 0 Å². The van der Waals surface area contributed by atoms with Crippen molar-refractivity contribution in [2.75, 3.05) is 0 Å². The van der Waals surface area contributed by atoms with E-state index >= 15 is 0 Å². The fourth-order valence-corrected chi connectivity index (χ4v) is 2.32. The summed E-state index contributed by atoms with van der Waals surface area (Å²) in [6.45, 7) is 5.17. The molecular formula is C14H15NO4. The lowest BCUT2D eigenvalue weighted by Gasteiger charge is -2.25. The Kier molecular flexibility index (Phi) is 3.14. The molecule has 100 valence electrons. The molecule has 0 fully saturated rings. The summed E-state index contributed by atoms with van der Waals surface area (Å²) in [5, 5.41) is 9.23. The molecule has 5 heteroatoms. The van der Waals surface area contributed by atoms with Gasteiger partial charge in [-0.1, -0.05) is 25.5 Å². The highest BCUT2D eigenvalue weighted by Gasteiger charge is 2.44. The van der Waals surface area contributed by atoms with Gasteiger partial charge in [-0.25, -0.2) is 4.79 Å². The highest BCUT2D eigenvalue weighted by molar-refractivity contribution is 6.22. The maximum absolute atomic E-state index is 12.3. The van der Waals surface area contributed by atoms with Gasteiger partial charge in [0.05, 0.1) is 11.1 Å². The van der Waals surface area contributed by atoms with Crippen LogP contribution >= 0.6 is 0 Å². The number of rotatable bonds is 3. The standard InChI is InChI=1S/C14H15NO4/c1-7(2)11(14(18)19)15-12(16)9-5-4-8(3)6-10(9)13(15)17/h4-7,11H,1-3H3,(H,18,19). The maximum atomic E-state index is 12.3. The van der Waals surface area contributed by atoms with Gasteiger partial charge >= 0.3 is 5.97 Å². The molecule has 1 unspecified atom stereocenters. The lowest BCUT2D eigenvalue weighted by molar-refractivity contribution is -0.143. The summed E-state index contributed by atoms with van der Waals surface area (Å²) in [6.07, 6.45) is 0. The van der Waals surface area contributed by atoms with Crippen LogP contribution in [0.5, 0.6) is 0 Å². The van der Waals surface area contributed by atoms with E-state index in [9.17, 15) is 19.5 Å². The van der Waals surface area contributed by atoms with E-state index in [1.54, 1.807) is 32.0 Å². The zero-order valence-corrected chi connectivity index (χ0v) is 11.0. The number of carbonyl (C=O) groups excluding carboxylic acids is 2. The summed E-state index contributed by atoms with van der Waals surface area (Å²) >= 11 is 0. The van der Waals surface area contributed by atoms with Crippen LogP contribution in [0.3, 0.4) is 0 Å². The lowest BCUT2D eigenvalue weighted by atomic mass is 10.0. The first kappa shape index (κ1) is 13.3. The van der Waals surface area contributed by atoms with Crippen LogP contribution in [0.1, 0.15) is 40.1 Å². The molecular weight excluding hydrogens is 246 g/mol. The zero-order valence-electron chi connectivity index (χ0n) is 11.0. The average Bonchev–Trinajstić information content (AvgIpc) is 2.53. The number of carboxylic acid groups (broad SMARTS) is 1. The quantitative estimate of drug-likeness (QED) is 0.840. The molecule has 0 saturated heterocycles. The molecule has 0 radical (unpaired) electrons. The Balaban J connectivity index is 2.50. The monoisotopic (exact) mass is 261 g/mol. The van der Waals surface area contributed by atoms with Crippen molar-refractivity contribution in [2.45, 2.75) is 26.8 Å². The maximum Gasteiger partial charge on any atom is 0.327 e. The number of carboxylic acids is 1. The van der Waals surface area contributed by atoms with Crippen molar-refractivity contribution in [3.63, 3.8) is 0 Å². The second kappa shape index (κ2) is 4.50. The molecule has 1 aromatic rings. The van der Waals surface area contributed by atoms with Crippen LogP contribution in [0.2, 0.25) is 0 Å². The Hall–Kier alpha value is -2.17. The van der Waals surface area contributed by atoms with Crippen molar-refractivity contribution >= 4 is 17.8 Å². The summed E-state index contributed by atoms with van der Waals surface area (Å²) in [5.41, 5.74) is 1.43. The number of amides is 2. The van der Waals surface area contributed by atoms with Gasteiger partial charge in [0, 0.05) is 0 Å². The number of benzene rings is 1. The molecule has 5 nitrogen and oxygen atoms in total. The summed E-state index contributed by atoms with van der Waals surface area (Å²) in [4.78, 5) is 36.6. The third kappa shape index (κ3) is 2.01. The molecule has 0 bridgehead atoms. The highest BCUT2D eigenvalue weighted by Crippen LogP contribution is 2.28. The van der Waals surface area contributed by atoms with E-state index in [0.717, 1.165) is 10.5 Å². The molecule has 0 aliphatic carbocycles. The van der Waals surface area contributed by atoms with Gasteiger partial charge in [-0.15, -0.1) is 0 Å². The summed E-state index contributed by atoms with van der Waals surface area (Å²) in [5.74, 6) is -2.56. The van der Waals surface area contributed by atoms with Crippen molar-refractivity contribution < 1.29 is 19.5 Å². The van der Waals surface area contributed by atoms with Crippen LogP contribution in [0.15, 0.2) is 18.2 Å². The summed E-state index contributed by atoms with van der Waals surface area (Å²) in [7, 11) is 0. The molecule has 1 aliphatic heterocycles. The first-order valence-electron chi connectivity index (χ1n) is 6.06. The summed E-state index contributed by atoms with van der Waals surface area (Å²) in [6, 6.07) is 3.80. The fraction of sp³-hybridized carbons (Fsp3) is 0.357.